The Morgan fingerprint density at radius 2 is 2.05 bits per heavy atom. The highest BCUT2D eigenvalue weighted by atomic mass is 32.2. The smallest absolute Gasteiger partial charge is 0.219 e. The van der Waals surface area contributed by atoms with Crippen molar-refractivity contribution in [1.82, 2.24) is 9.62 Å². The van der Waals surface area contributed by atoms with Crippen LogP contribution in [0.1, 0.15) is 27.2 Å². The second-order valence-corrected chi connectivity index (χ2v) is 7.81. The van der Waals surface area contributed by atoms with Crippen molar-refractivity contribution >= 4 is 15.9 Å². The highest BCUT2D eigenvalue weighted by Crippen LogP contribution is 2.31. The minimum Gasteiger partial charge on any atom is -0.378 e. The van der Waals surface area contributed by atoms with Crippen LogP contribution >= 0.6 is 0 Å². The van der Waals surface area contributed by atoms with Crippen LogP contribution in [0.3, 0.4) is 0 Å². The van der Waals surface area contributed by atoms with Crippen LogP contribution in [0.4, 0.5) is 0 Å². The molecule has 112 valence electrons. The first-order chi connectivity index (χ1) is 9.38. The van der Waals surface area contributed by atoms with Gasteiger partial charge in [0.1, 0.15) is 11.1 Å². The van der Waals surface area contributed by atoms with Crippen LogP contribution in [0.25, 0.3) is 0 Å². The van der Waals surface area contributed by atoms with E-state index in [1.807, 2.05) is 6.92 Å². The second-order valence-electron chi connectivity index (χ2n) is 5.82. The zero-order valence-electron chi connectivity index (χ0n) is 12.1. The molecule has 3 rings (SSSR count). The van der Waals surface area contributed by atoms with Crippen molar-refractivity contribution in [3.63, 3.8) is 0 Å². The molecule has 0 aromatic carbocycles. The molecule has 2 unspecified atom stereocenters. The summed E-state index contributed by atoms with van der Waals surface area (Å²) in [6.45, 7) is 7.43. The largest absolute Gasteiger partial charge is 0.378 e. The molecule has 1 N–H and O–H groups in total. The third-order valence-electron chi connectivity index (χ3n) is 4.40. The van der Waals surface area contributed by atoms with Crippen LogP contribution in [-0.4, -0.2) is 56.2 Å². The van der Waals surface area contributed by atoms with E-state index in [1.54, 1.807) is 0 Å². The molecule has 0 spiro atoms. The molecule has 3 aliphatic heterocycles. The summed E-state index contributed by atoms with van der Waals surface area (Å²) in [6, 6.07) is 0.123. The molecule has 20 heavy (non-hydrogen) atoms. The van der Waals surface area contributed by atoms with Crippen molar-refractivity contribution < 1.29 is 13.2 Å². The van der Waals surface area contributed by atoms with E-state index in [1.165, 1.54) is 11.3 Å². The van der Waals surface area contributed by atoms with Crippen molar-refractivity contribution in [3.8, 4) is 0 Å². The average Bonchev–Trinajstić information content (AvgIpc) is 2.66. The van der Waals surface area contributed by atoms with Gasteiger partial charge in [-0.15, -0.1) is 0 Å². The van der Waals surface area contributed by atoms with Gasteiger partial charge in [-0.1, -0.05) is 0 Å². The Morgan fingerprint density at radius 1 is 1.35 bits per heavy atom. The molecule has 3 heterocycles. The second kappa shape index (κ2) is 4.82. The predicted octanol–water partition coefficient (Wildman–Crippen LogP) is 0.473. The standard InChI is InChI=1S/C13H21N3O3S/c1-8-9(2)14-10(3)16-5-11(4-13(8)16)15-20(17,18)12-6-19-7-12/h9,11-12,15H,4-7H2,1-3H3. The van der Waals surface area contributed by atoms with Gasteiger partial charge in [0.15, 0.2) is 0 Å². The molecular weight excluding hydrogens is 278 g/mol. The van der Waals surface area contributed by atoms with Gasteiger partial charge in [0.05, 0.1) is 19.3 Å². The molecule has 2 atom stereocenters. The van der Waals surface area contributed by atoms with Gasteiger partial charge >= 0.3 is 0 Å². The maximum absolute atomic E-state index is 12.1. The average molecular weight is 299 g/mol. The Hall–Kier alpha value is -0.920. The van der Waals surface area contributed by atoms with Gasteiger partial charge in [0.2, 0.25) is 10.0 Å². The number of rotatable bonds is 3. The van der Waals surface area contributed by atoms with E-state index in [4.69, 9.17) is 4.74 Å². The number of ether oxygens (including phenoxy) is 1. The van der Waals surface area contributed by atoms with Crippen LogP contribution in [0.2, 0.25) is 0 Å². The molecule has 7 heteroatoms. The van der Waals surface area contributed by atoms with Crippen molar-refractivity contribution in [1.29, 1.82) is 0 Å². The van der Waals surface area contributed by atoms with Crippen LogP contribution in [0.5, 0.6) is 0 Å². The minimum absolute atomic E-state index is 0.0685. The fraction of sp³-hybridized carbons (Fsp3) is 0.769. The fourth-order valence-corrected chi connectivity index (χ4v) is 4.29. The zero-order chi connectivity index (χ0) is 14.5. The van der Waals surface area contributed by atoms with Gasteiger partial charge in [-0.3, -0.25) is 4.99 Å². The van der Waals surface area contributed by atoms with Crippen LogP contribution in [-0.2, 0) is 14.8 Å². The van der Waals surface area contributed by atoms with E-state index in [-0.39, 0.29) is 17.3 Å². The van der Waals surface area contributed by atoms with Gasteiger partial charge in [-0.2, -0.15) is 0 Å². The molecule has 6 nitrogen and oxygen atoms in total. The lowest BCUT2D eigenvalue weighted by Gasteiger charge is -2.29. The molecule has 0 aliphatic carbocycles. The summed E-state index contributed by atoms with van der Waals surface area (Å²) in [5.74, 6) is 0.978. The van der Waals surface area contributed by atoms with Gasteiger partial charge in [-0.25, -0.2) is 13.1 Å². The highest BCUT2D eigenvalue weighted by Gasteiger charge is 2.39. The number of nitrogens with zero attached hydrogens (tertiary/aromatic N) is 2. The molecule has 0 radical (unpaired) electrons. The molecule has 2 fully saturated rings. The maximum Gasteiger partial charge on any atom is 0.219 e. The zero-order valence-corrected chi connectivity index (χ0v) is 12.9. The van der Waals surface area contributed by atoms with E-state index in [0.29, 0.717) is 19.8 Å². The Balaban J connectivity index is 1.75. The maximum atomic E-state index is 12.1. The molecule has 0 saturated carbocycles. The summed E-state index contributed by atoms with van der Waals surface area (Å²) < 4.78 is 32.1. The van der Waals surface area contributed by atoms with Gasteiger partial charge in [0, 0.05) is 24.7 Å². The lowest BCUT2D eigenvalue weighted by molar-refractivity contribution is 0.0410. The molecule has 2 saturated heterocycles. The van der Waals surface area contributed by atoms with Gasteiger partial charge < -0.3 is 9.64 Å². The third kappa shape index (κ3) is 2.27. The van der Waals surface area contributed by atoms with E-state index < -0.39 is 10.0 Å². The lowest BCUT2D eigenvalue weighted by Crippen LogP contribution is -2.50. The Kier molecular flexibility index (Phi) is 3.38. The van der Waals surface area contributed by atoms with Gasteiger partial charge in [-0.05, 0) is 26.3 Å². The van der Waals surface area contributed by atoms with Gasteiger partial charge in [0.25, 0.3) is 0 Å². The third-order valence-corrected chi connectivity index (χ3v) is 6.21. The lowest BCUT2D eigenvalue weighted by atomic mass is 10.0. The number of amidine groups is 1. The molecule has 0 aromatic rings. The first kappa shape index (κ1) is 14.0. The van der Waals surface area contributed by atoms with E-state index in [9.17, 15) is 8.42 Å². The fourth-order valence-electron chi connectivity index (χ4n) is 2.93. The normalized spacial score (nSPS) is 31.1. The molecular formula is C13H21N3O3S. The predicted molar refractivity (Wildman–Crippen MR) is 77.0 cm³/mol. The van der Waals surface area contributed by atoms with Crippen LogP contribution < -0.4 is 4.72 Å². The minimum atomic E-state index is -3.26. The number of hydrogen-bond acceptors (Lipinski definition) is 5. The molecule has 3 aliphatic rings. The summed E-state index contributed by atoms with van der Waals surface area (Å²) >= 11 is 0. The summed E-state index contributed by atoms with van der Waals surface area (Å²) in [7, 11) is -3.26. The molecule has 0 bridgehead atoms. The number of fused-ring (bicyclic) bond motifs is 1. The van der Waals surface area contributed by atoms with Crippen molar-refractivity contribution in [3.05, 3.63) is 11.3 Å². The van der Waals surface area contributed by atoms with E-state index in [0.717, 1.165) is 12.3 Å². The summed E-state index contributed by atoms with van der Waals surface area (Å²) in [5, 5.41) is -0.385. The quantitative estimate of drug-likeness (QED) is 0.822. The van der Waals surface area contributed by atoms with E-state index >= 15 is 0 Å². The Labute approximate surface area is 119 Å². The number of sulfonamides is 1. The summed E-state index contributed by atoms with van der Waals surface area (Å²) in [4.78, 5) is 6.73. The molecule has 0 amide bonds. The topological polar surface area (TPSA) is 71.0 Å². The van der Waals surface area contributed by atoms with Crippen LogP contribution in [0.15, 0.2) is 16.3 Å². The first-order valence-electron chi connectivity index (χ1n) is 6.99. The van der Waals surface area contributed by atoms with Crippen molar-refractivity contribution in [2.24, 2.45) is 4.99 Å². The molecule has 0 aromatic heterocycles. The van der Waals surface area contributed by atoms with Crippen LogP contribution in [0, 0.1) is 0 Å². The summed E-state index contributed by atoms with van der Waals surface area (Å²) in [5.41, 5.74) is 2.46. The SMILES string of the molecule is CC1=NC(C)C(C)=C2CC(NS(=O)(=O)C3COC3)CN12. The number of nitrogens with one attached hydrogen (secondary N) is 1. The highest BCUT2D eigenvalue weighted by molar-refractivity contribution is 7.90. The summed E-state index contributed by atoms with van der Waals surface area (Å²) in [6.07, 6.45) is 0.746. The monoisotopic (exact) mass is 299 g/mol. The first-order valence-corrected chi connectivity index (χ1v) is 8.53. The number of aliphatic imine (C=N–C) groups is 1. The van der Waals surface area contributed by atoms with Crippen molar-refractivity contribution in [2.45, 2.75) is 44.5 Å². The Bertz CT molecular complexity index is 578. The Morgan fingerprint density at radius 3 is 2.65 bits per heavy atom. The van der Waals surface area contributed by atoms with E-state index in [2.05, 4.69) is 28.5 Å². The van der Waals surface area contributed by atoms with Crippen molar-refractivity contribution in [2.75, 3.05) is 19.8 Å². The number of hydrogen-bond donors (Lipinski definition) is 1.